The molecule has 0 bridgehead atoms. The summed E-state index contributed by atoms with van der Waals surface area (Å²) in [5.74, 6) is 0. The van der Waals surface area contributed by atoms with Crippen molar-refractivity contribution in [1.29, 1.82) is 0 Å². The van der Waals surface area contributed by atoms with Gasteiger partial charge < -0.3 is 10.0 Å². The average molecular weight is 143 g/mol. The second-order valence-electron chi connectivity index (χ2n) is 2.48. The van der Waals surface area contributed by atoms with Gasteiger partial charge in [-0.15, -0.1) is 0 Å². The van der Waals surface area contributed by atoms with Gasteiger partial charge in [-0.1, -0.05) is 27.7 Å². The molecule has 0 fully saturated rings. The molecule has 0 aliphatic heterocycles. The Morgan fingerprint density at radius 2 is 1.11 bits per heavy atom. The fraction of sp³-hybridized carbons (Fsp3) is 1.00. The number of halogens is 1. The van der Waals surface area contributed by atoms with E-state index >= 15 is 0 Å². The second-order valence-corrected chi connectivity index (χ2v) is 2.48. The number of rotatable bonds is 2. The van der Waals surface area contributed by atoms with Crippen LogP contribution < -0.4 is 39.6 Å². The van der Waals surface area contributed by atoms with Gasteiger partial charge >= 0.3 is 29.6 Å². The van der Waals surface area contributed by atoms with Gasteiger partial charge in [0.25, 0.3) is 0 Å². The summed E-state index contributed by atoms with van der Waals surface area (Å²) in [6, 6.07) is 1.25. The molecular weight excluding hydrogens is 128 g/mol. The molecule has 0 atom stereocenters. The van der Waals surface area contributed by atoms with Crippen LogP contribution in [0.15, 0.2) is 0 Å². The quantitative estimate of drug-likeness (QED) is 0.384. The molecule has 0 radical (unpaired) electrons. The molecule has 0 aromatic carbocycles. The average Bonchev–Trinajstić information content (AvgIpc) is 1.27. The van der Waals surface area contributed by atoms with Gasteiger partial charge in [0.15, 0.2) is 0 Å². The van der Waals surface area contributed by atoms with Crippen LogP contribution in [-0.4, -0.2) is 12.1 Å². The van der Waals surface area contributed by atoms with Crippen LogP contribution in [0, 0.1) is 0 Å². The molecule has 0 rings (SSSR count). The van der Waals surface area contributed by atoms with Crippen LogP contribution in [0.4, 0.5) is 0 Å². The van der Waals surface area contributed by atoms with Crippen molar-refractivity contribution in [2.45, 2.75) is 39.8 Å². The van der Waals surface area contributed by atoms with E-state index in [1.165, 1.54) is 0 Å². The zero-order valence-corrected chi connectivity index (χ0v) is 9.03. The molecule has 1 N–H and O–H groups in total. The van der Waals surface area contributed by atoms with E-state index in [1.807, 2.05) is 0 Å². The molecule has 52 valence electrons. The Morgan fingerprint density at radius 1 is 0.889 bits per heavy atom. The second kappa shape index (κ2) is 8.89. The summed E-state index contributed by atoms with van der Waals surface area (Å²) in [4.78, 5) is 0. The summed E-state index contributed by atoms with van der Waals surface area (Å²) in [6.45, 7) is 8.61. The Balaban J connectivity index is -0.000000180. The molecule has 9 heavy (non-hydrogen) atoms. The molecule has 1 nitrogen and oxygen atoms in total. The van der Waals surface area contributed by atoms with E-state index < -0.39 is 0 Å². The third kappa shape index (κ3) is 17.6. The topological polar surface area (TPSA) is 12.0 Å². The third-order valence-corrected chi connectivity index (χ3v) is 0.667. The van der Waals surface area contributed by atoms with Crippen LogP contribution >= 0.6 is 0 Å². The van der Waals surface area contributed by atoms with Crippen molar-refractivity contribution < 1.29 is 34.3 Å². The Labute approximate surface area is 79.3 Å². The molecule has 0 unspecified atom stereocenters. The number of hydrogen-bond donors (Lipinski definition) is 1. The first-order valence-electron chi connectivity index (χ1n) is 2.89. The summed E-state index contributed by atoms with van der Waals surface area (Å²) in [6.07, 6.45) is 0. The molecule has 0 saturated heterocycles. The summed E-state index contributed by atoms with van der Waals surface area (Å²) in [5, 5.41) is 3.31. The van der Waals surface area contributed by atoms with Crippen LogP contribution in [0.1, 0.15) is 27.7 Å². The zero-order valence-electron chi connectivity index (χ0n) is 7.03. The molecule has 0 saturated carbocycles. The van der Waals surface area contributed by atoms with E-state index in [4.69, 9.17) is 0 Å². The fourth-order valence-corrected chi connectivity index (χ4v) is 0.667. The molecule has 0 aromatic rings. The molecular formula is C6H15FNNa. The molecule has 0 aromatic heterocycles. The predicted octanol–water partition coefficient (Wildman–Crippen LogP) is -4.60. The Bertz CT molecular complexity index is 42.3. The summed E-state index contributed by atoms with van der Waals surface area (Å²) < 4.78 is 0. The molecule has 0 spiro atoms. The van der Waals surface area contributed by atoms with Crippen molar-refractivity contribution in [3.63, 3.8) is 0 Å². The summed E-state index contributed by atoms with van der Waals surface area (Å²) in [5.41, 5.74) is 0. The predicted molar refractivity (Wildman–Crippen MR) is 33.4 cm³/mol. The van der Waals surface area contributed by atoms with Gasteiger partial charge in [-0.3, -0.25) is 0 Å². The van der Waals surface area contributed by atoms with Crippen LogP contribution in [0.5, 0.6) is 0 Å². The maximum atomic E-state index is 3.31. The van der Waals surface area contributed by atoms with Gasteiger partial charge in [-0.2, -0.15) is 0 Å². The Morgan fingerprint density at radius 3 is 1.11 bits per heavy atom. The largest absolute Gasteiger partial charge is 1.00 e. The Kier molecular flexibility index (Phi) is 16.3. The van der Waals surface area contributed by atoms with Crippen LogP contribution in [0.3, 0.4) is 0 Å². The summed E-state index contributed by atoms with van der Waals surface area (Å²) in [7, 11) is 0. The van der Waals surface area contributed by atoms with Gasteiger partial charge in [0.1, 0.15) is 0 Å². The van der Waals surface area contributed by atoms with E-state index in [2.05, 4.69) is 33.0 Å². The molecule has 0 heterocycles. The monoisotopic (exact) mass is 143 g/mol. The first-order valence-corrected chi connectivity index (χ1v) is 2.89. The smallest absolute Gasteiger partial charge is 1.00 e. The minimum absolute atomic E-state index is 0. The third-order valence-electron chi connectivity index (χ3n) is 0.667. The van der Waals surface area contributed by atoms with Crippen molar-refractivity contribution in [2.24, 2.45) is 0 Å². The van der Waals surface area contributed by atoms with Crippen molar-refractivity contribution in [3.8, 4) is 0 Å². The zero-order chi connectivity index (χ0) is 5.86. The maximum absolute atomic E-state index is 3.31. The number of hydrogen-bond acceptors (Lipinski definition) is 1. The van der Waals surface area contributed by atoms with E-state index in [0.717, 1.165) is 0 Å². The molecule has 3 heteroatoms. The number of nitrogens with one attached hydrogen (secondary N) is 1. The fourth-order valence-electron chi connectivity index (χ4n) is 0.667. The normalized spacial score (nSPS) is 8.67. The first-order chi connectivity index (χ1) is 3.13. The van der Waals surface area contributed by atoms with Crippen LogP contribution in [0.25, 0.3) is 0 Å². The van der Waals surface area contributed by atoms with Crippen molar-refractivity contribution in [2.75, 3.05) is 0 Å². The van der Waals surface area contributed by atoms with Gasteiger partial charge in [0.2, 0.25) is 0 Å². The minimum atomic E-state index is 0. The van der Waals surface area contributed by atoms with E-state index in [9.17, 15) is 0 Å². The SMILES string of the molecule is CC(C)NC(C)C.[F-].[Na+]. The molecule has 0 aliphatic carbocycles. The standard InChI is InChI=1S/C6H15N.FH.Na/c1-5(2)7-6(3)4;;/h5-7H,1-4H3;1H;/q;;+1/p-1. The van der Waals surface area contributed by atoms with E-state index in [-0.39, 0.29) is 34.3 Å². The minimum Gasteiger partial charge on any atom is -1.00 e. The van der Waals surface area contributed by atoms with E-state index in [0.29, 0.717) is 12.1 Å². The molecule has 0 aliphatic rings. The molecule has 0 amide bonds. The van der Waals surface area contributed by atoms with E-state index in [1.54, 1.807) is 0 Å². The van der Waals surface area contributed by atoms with Crippen molar-refractivity contribution in [3.05, 3.63) is 0 Å². The van der Waals surface area contributed by atoms with Gasteiger partial charge in [-0.25, -0.2) is 0 Å². The summed E-state index contributed by atoms with van der Waals surface area (Å²) >= 11 is 0. The van der Waals surface area contributed by atoms with Crippen LogP contribution in [0.2, 0.25) is 0 Å². The van der Waals surface area contributed by atoms with Gasteiger partial charge in [-0.05, 0) is 0 Å². The Hall–Kier alpha value is 0.890. The van der Waals surface area contributed by atoms with Gasteiger partial charge in [0.05, 0.1) is 0 Å². The van der Waals surface area contributed by atoms with Crippen molar-refractivity contribution >= 4 is 0 Å². The van der Waals surface area contributed by atoms with Crippen LogP contribution in [-0.2, 0) is 0 Å². The van der Waals surface area contributed by atoms with Crippen molar-refractivity contribution in [1.82, 2.24) is 5.32 Å². The van der Waals surface area contributed by atoms with Gasteiger partial charge in [0, 0.05) is 12.1 Å². The maximum Gasteiger partial charge on any atom is 1.00 e. The first kappa shape index (κ1) is 16.5.